The standard InChI is InChI=1S/C30H32BClN2O2/c1-7-24-18(3)29(33-20(24)5)28(23-15-13-22(17-32)14-16-23)30-19(4)25(8-2)21(6)34(30)31-35-26-11-9-10-12-27(26)36-31/h9-16H,7-8,17H2,1-6H3/b29-28-. The molecule has 3 aromatic rings. The molecule has 6 heteroatoms. The first-order valence-electron chi connectivity index (χ1n) is 12.7. The van der Waals surface area contributed by atoms with Crippen molar-refractivity contribution in [3.05, 3.63) is 99.0 Å². The van der Waals surface area contributed by atoms with E-state index in [0.29, 0.717) is 5.88 Å². The van der Waals surface area contributed by atoms with E-state index in [2.05, 4.69) is 70.3 Å². The van der Waals surface area contributed by atoms with Gasteiger partial charge in [0, 0.05) is 28.6 Å². The Balaban J connectivity index is 1.80. The van der Waals surface area contributed by atoms with Gasteiger partial charge in [-0.1, -0.05) is 50.2 Å². The number of aliphatic imine (C=N–C) groups is 1. The van der Waals surface area contributed by atoms with Gasteiger partial charge in [0.15, 0.2) is 0 Å². The number of rotatable bonds is 6. The highest BCUT2D eigenvalue weighted by Crippen LogP contribution is 2.42. The van der Waals surface area contributed by atoms with Crippen LogP contribution >= 0.6 is 11.6 Å². The first-order chi connectivity index (χ1) is 17.4. The Bertz CT molecular complexity index is 1400. The lowest BCUT2D eigenvalue weighted by Crippen LogP contribution is -2.36. The molecule has 0 radical (unpaired) electrons. The van der Waals surface area contributed by atoms with Gasteiger partial charge in [0.1, 0.15) is 11.5 Å². The highest BCUT2D eigenvalue weighted by atomic mass is 35.5. The minimum atomic E-state index is -0.587. The van der Waals surface area contributed by atoms with E-state index >= 15 is 0 Å². The summed E-state index contributed by atoms with van der Waals surface area (Å²) in [6, 6.07) is 16.4. The van der Waals surface area contributed by atoms with E-state index in [4.69, 9.17) is 25.9 Å². The van der Waals surface area contributed by atoms with Crippen molar-refractivity contribution in [1.82, 2.24) is 4.48 Å². The zero-order valence-electron chi connectivity index (χ0n) is 21.9. The van der Waals surface area contributed by atoms with Gasteiger partial charge in [0.25, 0.3) is 0 Å². The maximum Gasteiger partial charge on any atom is 0.743 e. The predicted molar refractivity (Wildman–Crippen MR) is 150 cm³/mol. The number of allylic oxidation sites excluding steroid dienone is 2. The second-order valence-corrected chi connectivity index (χ2v) is 9.73. The fourth-order valence-electron chi connectivity index (χ4n) is 5.64. The van der Waals surface area contributed by atoms with Crippen LogP contribution < -0.4 is 9.31 Å². The molecule has 0 unspecified atom stereocenters. The molecule has 3 heterocycles. The molecule has 5 rings (SSSR count). The summed E-state index contributed by atoms with van der Waals surface area (Å²) in [6.45, 7) is 13.1. The third-order valence-corrected chi connectivity index (χ3v) is 7.77. The number of hydrogen-bond acceptors (Lipinski definition) is 3. The van der Waals surface area contributed by atoms with Crippen LogP contribution in [-0.2, 0) is 12.3 Å². The monoisotopic (exact) mass is 498 g/mol. The molecule has 0 N–H and O–H groups in total. The lowest BCUT2D eigenvalue weighted by molar-refractivity contribution is 0.478. The van der Waals surface area contributed by atoms with Gasteiger partial charge < -0.3 is 13.8 Å². The van der Waals surface area contributed by atoms with Gasteiger partial charge in [-0.3, -0.25) is 4.99 Å². The number of nitrogens with zero attached hydrogens (tertiary/aromatic N) is 2. The van der Waals surface area contributed by atoms with Crippen molar-refractivity contribution in [2.24, 2.45) is 4.99 Å². The zero-order valence-corrected chi connectivity index (χ0v) is 22.7. The largest absolute Gasteiger partial charge is 0.743 e. The van der Waals surface area contributed by atoms with Crippen molar-refractivity contribution < 1.29 is 9.31 Å². The quantitative estimate of drug-likeness (QED) is 0.258. The Morgan fingerprint density at radius 2 is 1.56 bits per heavy atom. The molecule has 2 aromatic carbocycles. The average molecular weight is 499 g/mol. The molecule has 0 atom stereocenters. The van der Waals surface area contributed by atoms with E-state index in [9.17, 15) is 0 Å². The molecule has 2 aliphatic rings. The molecule has 0 spiro atoms. The second-order valence-electron chi connectivity index (χ2n) is 9.46. The normalized spacial score (nSPS) is 16.2. The van der Waals surface area contributed by atoms with Crippen LogP contribution in [0.1, 0.15) is 67.8 Å². The van der Waals surface area contributed by atoms with Crippen LogP contribution in [0.15, 0.2) is 70.4 Å². The number of hydrogen-bond donors (Lipinski definition) is 0. The maximum absolute atomic E-state index is 6.36. The average Bonchev–Trinajstić information content (AvgIpc) is 3.51. The molecule has 0 bridgehead atoms. The Hall–Kier alpha value is -3.18. The van der Waals surface area contributed by atoms with Crippen LogP contribution in [0.2, 0.25) is 0 Å². The Morgan fingerprint density at radius 3 is 2.08 bits per heavy atom. The molecule has 1 aromatic heterocycles. The number of aromatic nitrogens is 1. The number of halogens is 1. The molecule has 0 fully saturated rings. The van der Waals surface area contributed by atoms with Crippen LogP contribution in [0.5, 0.6) is 11.5 Å². The second kappa shape index (κ2) is 9.70. The fraction of sp³-hybridized carbons (Fsp3) is 0.300. The molecule has 0 saturated carbocycles. The summed E-state index contributed by atoms with van der Waals surface area (Å²) in [5.41, 5.74) is 12.7. The highest BCUT2D eigenvalue weighted by Gasteiger charge is 2.40. The Morgan fingerprint density at radius 1 is 0.917 bits per heavy atom. The lowest BCUT2D eigenvalue weighted by atomic mass is 9.91. The van der Waals surface area contributed by atoms with Crippen molar-refractivity contribution in [2.45, 2.75) is 60.3 Å². The third-order valence-electron chi connectivity index (χ3n) is 7.46. The van der Waals surface area contributed by atoms with Crippen molar-refractivity contribution in [2.75, 3.05) is 0 Å². The van der Waals surface area contributed by atoms with Crippen molar-refractivity contribution in [3.8, 4) is 11.5 Å². The summed E-state index contributed by atoms with van der Waals surface area (Å²) in [5, 5.41) is 0. The Labute approximate surface area is 219 Å². The van der Waals surface area contributed by atoms with Gasteiger partial charge in [0.2, 0.25) is 0 Å². The van der Waals surface area contributed by atoms with Crippen molar-refractivity contribution >= 4 is 30.1 Å². The minimum Gasteiger partial charge on any atom is -0.503 e. The molecule has 2 aliphatic heterocycles. The van der Waals surface area contributed by atoms with Gasteiger partial charge in [0.05, 0.1) is 5.70 Å². The van der Waals surface area contributed by atoms with Gasteiger partial charge in [-0.2, -0.15) is 0 Å². The summed E-state index contributed by atoms with van der Waals surface area (Å²) in [4.78, 5) is 5.13. The summed E-state index contributed by atoms with van der Waals surface area (Å²) in [7, 11) is -0.587. The smallest absolute Gasteiger partial charge is 0.503 e. The Kier molecular flexibility index (Phi) is 6.61. The molecule has 184 valence electrons. The molecular weight excluding hydrogens is 467 g/mol. The summed E-state index contributed by atoms with van der Waals surface area (Å²) >= 11 is 6.13. The minimum absolute atomic E-state index is 0.485. The lowest BCUT2D eigenvalue weighted by Gasteiger charge is -2.19. The van der Waals surface area contributed by atoms with Gasteiger partial charge in [-0.15, -0.1) is 11.6 Å². The zero-order chi connectivity index (χ0) is 25.6. The van der Waals surface area contributed by atoms with E-state index in [1.165, 1.54) is 22.3 Å². The molecule has 4 nitrogen and oxygen atoms in total. The first-order valence-corrected chi connectivity index (χ1v) is 13.2. The maximum atomic E-state index is 6.36. The molecular formula is C30H32BClN2O2. The molecule has 0 saturated heterocycles. The van der Waals surface area contributed by atoms with E-state index in [1.807, 2.05) is 24.3 Å². The van der Waals surface area contributed by atoms with Crippen LogP contribution in [0.3, 0.4) is 0 Å². The van der Waals surface area contributed by atoms with E-state index in [0.717, 1.165) is 63.8 Å². The first kappa shape index (κ1) is 24.5. The van der Waals surface area contributed by atoms with Crippen LogP contribution in [0, 0.1) is 13.8 Å². The van der Waals surface area contributed by atoms with Gasteiger partial charge >= 0.3 is 7.25 Å². The predicted octanol–water partition coefficient (Wildman–Crippen LogP) is 7.67. The van der Waals surface area contributed by atoms with Crippen molar-refractivity contribution in [3.63, 3.8) is 0 Å². The fourth-order valence-corrected chi connectivity index (χ4v) is 5.81. The SMILES string of the molecule is CCC1=C(C)/C(=C(\c2ccc(CCl)cc2)c2c(C)c(CC)c(C)n2B2Oc3ccccc3O2)N=C1C. The number of fused-ring (bicyclic) bond motifs is 1. The molecule has 0 amide bonds. The van der Waals surface area contributed by atoms with Crippen LogP contribution in [0.4, 0.5) is 0 Å². The number of para-hydroxylation sites is 2. The third kappa shape index (κ3) is 3.90. The highest BCUT2D eigenvalue weighted by molar-refractivity contribution is 6.46. The van der Waals surface area contributed by atoms with E-state index < -0.39 is 7.25 Å². The topological polar surface area (TPSA) is 35.8 Å². The van der Waals surface area contributed by atoms with Gasteiger partial charge in [-0.25, -0.2) is 0 Å². The number of benzene rings is 2. The summed E-state index contributed by atoms with van der Waals surface area (Å²) < 4.78 is 14.9. The van der Waals surface area contributed by atoms with Crippen LogP contribution in [0.25, 0.3) is 5.57 Å². The molecule has 36 heavy (non-hydrogen) atoms. The van der Waals surface area contributed by atoms with Gasteiger partial charge in [-0.05, 0) is 86.1 Å². The van der Waals surface area contributed by atoms with Crippen molar-refractivity contribution in [1.29, 1.82) is 0 Å². The van der Waals surface area contributed by atoms with Crippen LogP contribution in [-0.4, -0.2) is 17.4 Å². The molecule has 0 aliphatic carbocycles. The summed E-state index contributed by atoms with van der Waals surface area (Å²) in [5.74, 6) is 2.01. The summed E-state index contributed by atoms with van der Waals surface area (Å²) in [6.07, 6.45) is 1.87. The number of alkyl halides is 1. The van der Waals surface area contributed by atoms with E-state index in [-0.39, 0.29) is 0 Å². The van der Waals surface area contributed by atoms with E-state index in [1.54, 1.807) is 0 Å².